The van der Waals surface area contributed by atoms with Crippen molar-refractivity contribution in [2.24, 2.45) is 0 Å². The van der Waals surface area contributed by atoms with Crippen molar-refractivity contribution in [1.82, 2.24) is 4.98 Å². The molecule has 2 aromatic rings. The zero-order chi connectivity index (χ0) is 14.7. The fourth-order valence-corrected chi connectivity index (χ4v) is 2.08. The summed E-state index contributed by atoms with van der Waals surface area (Å²) in [5, 5.41) is 12.2. The smallest absolute Gasteiger partial charge is 0.337 e. The van der Waals surface area contributed by atoms with Crippen LogP contribution in [0.15, 0.2) is 36.7 Å². The van der Waals surface area contributed by atoms with Crippen LogP contribution in [0.25, 0.3) is 0 Å². The second kappa shape index (κ2) is 5.70. The highest BCUT2D eigenvalue weighted by atomic mass is 16.5. The number of aromatic carboxylic acids is 1. The van der Waals surface area contributed by atoms with Gasteiger partial charge in [-0.05, 0) is 18.2 Å². The SMILES string of the molecule is O=C(O)c1ccncc1Nc1ccc2c(c1)OCCCO2. The van der Waals surface area contributed by atoms with Gasteiger partial charge in [0.05, 0.1) is 30.7 Å². The summed E-state index contributed by atoms with van der Waals surface area (Å²) >= 11 is 0. The van der Waals surface area contributed by atoms with Crippen molar-refractivity contribution in [3.8, 4) is 11.5 Å². The fraction of sp³-hybridized carbons (Fsp3) is 0.200. The number of hydrogen-bond donors (Lipinski definition) is 2. The van der Waals surface area contributed by atoms with E-state index in [4.69, 9.17) is 14.6 Å². The molecule has 6 nitrogen and oxygen atoms in total. The summed E-state index contributed by atoms with van der Waals surface area (Å²) in [5.74, 6) is 0.343. The van der Waals surface area contributed by atoms with E-state index >= 15 is 0 Å². The lowest BCUT2D eigenvalue weighted by atomic mass is 10.2. The molecule has 108 valence electrons. The number of fused-ring (bicyclic) bond motifs is 1. The summed E-state index contributed by atoms with van der Waals surface area (Å²) in [6.45, 7) is 1.23. The van der Waals surface area contributed by atoms with Gasteiger partial charge in [-0.3, -0.25) is 4.98 Å². The molecule has 0 fully saturated rings. The molecule has 0 aliphatic carbocycles. The van der Waals surface area contributed by atoms with Crippen LogP contribution < -0.4 is 14.8 Å². The standard InChI is InChI=1S/C15H14N2O4/c18-15(19)11-4-5-16-9-12(11)17-10-2-3-13-14(8-10)21-7-1-6-20-13/h2-5,8-9,17H,1,6-7H2,(H,18,19). The molecule has 1 aliphatic heterocycles. The van der Waals surface area contributed by atoms with E-state index in [-0.39, 0.29) is 5.56 Å². The van der Waals surface area contributed by atoms with Crippen LogP contribution in [0, 0.1) is 0 Å². The number of nitrogens with one attached hydrogen (secondary N) is 1. The van der Waals surface area contributed by atoms with Gasteiger partial charge in [0.15, 0.2) is 11.5 Å². The molecule has 0 unspecified atom stereocenters. The van der Waals surface area contributed by atoms with Gasteiger partial charge in [0, 0.05) is 24.4 Å². The van der Waals surface area contributed by atoms with E-state index in [1.165, 1.54) is 18.5 Å². The molecule has 0 atom stereocenters. The average molecular weight is 286 g/mol. The molecular weight excluding hydrogens is 272 g/mol. The van der Waals surface area contributed by atoms with Crippen LogP contribution in [0.1, 0.15) is 16.8 Å². The van der Waals surface area contributed by atoms with Crippen molar-refractivity contribution in [2.45, 2.75) is 6.42 Å². The highest BCUT2D eigenvalue weighted by Crippen LogP contribution is 2.33. The molecule has 2 heterocycles. The minimum absolute atomic E-state index is 0.164. The highest BCUT2D eigenvalue weighted by Gasteiger charge is 2.13. The lowest BCUT2D eigenvalue weighted by molar-refractivity contribution is 0.0698. The van der Waals surface area contributed by atoms with Gasteiger partial charge in [0.25, 0.3) is 0 Å². The van der Waals surface area contributed by atoms with Crippen molar-refractivity contribution in [2.75, 3.05) is 18.5 Å². The molecule has 0 saturated heterocycles. The minimum atomic E-state index is -1.01. The van der Waals surface area contributed by atoms with Crippen molar-refractivity contribution >= 4 is 17.3 Å². The fourth-order valence-electron chi connectivity index (χ4n) is 2.08. The highest BCUT2D eigenvalue weighted by molar-refractivity contribution is 5.94. The Balaban J connectivity index is 1.89. The Bertz CT molecular complexity index is 672. The summed E-state index contributed by atoms with van der Waals surface area (Å²) in [6.07, 6.45) is 3.76. The van der Waals surface area contributed by atoms with Crippen LogP contribution in [0.3, 0.4) is 0 Å². The van der Waals surface area contributed by atoms with Crippen molar-refractivity contribution in [1.29, 1.82) is 0 Å². The molecule has 1 aromatic carbocycles. The third-order valence-corrected chi connectivity index (χ3v) is 3.08. The molecule has 3 rings (SSSR count). The molecule has 1 aliphatic rings. The van der Waals surface area contributed by atoms with Crippen LogP contribution in [0.5, 0.6) is 11.5 Å². The topological polar surface area (TPSA) is 80.7 Å². The molecule has 0 saturated carbocycles. The molecule has 0 spiro atoms. The number of carboxylic acids is 1. The van der Waals surface area contributed by atoms with Gasteiger partial charge in [0.2, 0.25) is 0 Å². The largest absolute Gasteiger partial charge is 0.490 e. The first kappa shape index (κ1) is 13.2. The molecule has 6 heteroatoms. The third kappa shape index (κ3) is 2.89. The maximum Gasteiger partial charge on any atom is 0.337 e. The van der Waals surface area contributed by atoms with E-state index in [1.54, 1.807) is 12.1 Å². The Labute approximate surface area is 121 Å². The van der Waals surface area contributed by atoms with Crippen LogP contribution in [0.2, 0.25) is 0 Å². The molecule has 21 heavy (non-hydrogen) atoms. The Kier molecular flexibility index (Phi) is 3.59. The Hall–Kier alpha value is -2.76. The maximum atomic E-state index is 11.2. The number of anilines is 2. The molecule has 0 amide bonds. The summed E-state index contributed by atoms with van der Waals surface area (Å²) in [4.78, 5) is 15.1. The zero-order valence-electron chi connectivity index (χ0n) is 11.2. The molecule has 1 aromatic heterocycles. The number of hydrogen-bond acceptors (Lipinski definition) is 5. The van der Waals surface area contributed by atoms with Gasteiger partial charge in [-0.2, -0.15) is 0 Å². The van der Waals surface area contributed by atoms with Crippen LogP contribution >= 0.6 is 0 Å². The van der Waals surface area contributed by atoms with Gasteiger partial charge in [-0.15, -0.1) is 0 Å². The summed E-state index contributed by atoms with van der Waals surface area (Å²) in [6, 6.07) is 6.86. The van der Waals surface area contributed by atoms with E-state index in [0.29, 0.717) is 30.4 Å². The van der Waals surface area contributed by atoms with Gasteiger partial charge in [0.1, 0.15) is 0 Å². The van der Waals surface area contributed by atoms with Crippen LogP contribution in [-0.4, -0.2) is 29.3 Å². The number of carboxylic acid groups (broad SMARTS) is 1. The van der Waals surface area contributed by atoms with Crippen molar-refractivity contribution in [3.05, 3.63) is 42.2 Å². The van der Waals surface area contributed by atoms with Gasteiger partial charge in [-0.1, -0.05) is 0 Å². The number of ether oxygens (including phenoxy) is 2. The molecule has 2 N–H and O–H groups in total. The van der Waals surface area contributed by atoms with E-state index in [0.717, 1.165) is 12.1 Å². The summed E-state index contributed by atoms with van der Waals surface area (Å²) < 4.78 is 11.2. The number of rotatable bonds is 3. The lowest BCUT2D eigenvalue weighted by Gasteiger charge is -2.12. The van der Waals surface area contributed by atoms with Crippen molar-refractivity contribution in [3.63, 3.8) is 0 Å². The number of pyridine rings is 1. The normalized spacial score (nSPS) is 13.3. The lowest BCUT2D eigenvalue weighted by Crippen LogP contribution is -2.03. The molecule has 0 bridgehead atoms. The summed E-state index contributed by atoms with van der Waals surface area (Å²) in [7, 11) is 0. The van der Waals surface area contributed by atoms with Gasteiger partial charge in [-0.25, -0.2) is 4.79 Å². The maximum absolute atomic E-state index is 11.2. The number of aromatic nitrogens is 1. The Morgan fingerprint density at radius 3 is 2.81 bits per heavy atom. The van der Waals surface area contributed by atoms with Crippen LogP contribution in [0.4, 0.5) is 11.4 Å². The van der Waals surface area contributed by atoms with E-state index in [2.05, 4.69) is 10.3 Å². The second-order valence-electron chi connectivity index (χ2n) is 4.56. The molecule has 0 radical (unpaired) electrons. The minimum Gasteiger partial charge on any atom is -0.490 e. The first-order valence-electron chi connectivity index (χ1n) is 6.58. The van der Waals surface area contributed by atoms with E-state index in [1.807, 2.05) is 6.07 Å². The number of benzene rings is 1. The second-order valence-corrected chi connectivity index (χ2v) is 4.56. The number of carbonyl (C=O) groups is 1. The molecular formula is C15H14N2O4. The average Bonchev–Trinajstić information content (AvgIpc) is 2.72. The van der Waals surface area contributed by atoms with Gasteiger partial charge >= 0.3 is 5.97 Å². The third-order valence-electron chi connectivity index (χ3n) is 3.08. The van der Waals surface area contributed by atoms with Crippen molar-refractivity contribution < 1.29 is 19.4 Å². The van der Waals surface area contributed by atoms with Gasteiger partial charge < -0.3 is 19.9 Å². The zero-order valence-corrected chi connectivity index (χ0v) is 11.2. The predicted octanol–water partition coefficient (Wildman–Crippen LogP) is 2.68. The van der Waals surface area contributed by atoms with E-state index < -0.39 is 5.97 Å². The summed E-state index contributed by atoms with van der Waals surface area (Å²) in [5.41, 5.74) is 1.31. The monoisotopic (exact) mass is 286 g/mol. The Morgan fingerprint density at radius 1 is 1.19 bits per heavy atom. The number of nitrogens with zero attached hydrogens (tertiary/aromatic N) is 1. The van der Waals surface area contributed by atoms with Crippen LogP contribution in [-0.2, 0) is 0 Å². The quantitative estimate of drug-likeness (QED) is 0.903. The Morgan fingerprint density at radius 2 is 2.00 bits per heavy atom. The predicted molar refractivity (Wildman–Crippen MR) is 76.5 cm³/mol. The first-order chi connectivity index (χ1) is 10.2. The van der Waals surface area contributed by atoms with E-state index in [9.17, 15) is 4.79 Å². The first-order valence-corrected chi connectivity index (χ1v) is 6.58.